The van der Waals surface area contributed by atoms with Crippen molar-refractivity contribution in [2.45, 2.75) is 6.54 Å². The predicted octanol–water partition coefficient (Wildman–Crippen LogP) is 3.61. The number of H-pyrrole nitrogens is 1. The molecule has 0 fully saturated rings. The number of carbonyl (C=O) groups excluding carboxylic acids is 1. The average Bonchev–Trinajstić information content (AvgIpc) is 3.28. The molecule has 0 radical (unpaired) electrons. The molecule has 0 aliphatic heterocycles. The summed E-state index contributed by atoms with van der Waals surface area (Å²) < 4.78 is 18.7. The number of benzene rings is 2. The molecule has 0 unspecified atom stereocenters. The average molecular weight is 403 g/mol. The van der Waals surface area contributed by atoms with Gasteiger partial charge in [0, 0.05) is 30.1 Å². The number of ether oxygens (including phenoxy) is 1. The first kappa shape index (κ1) is 19.3. The molecule has 0 spiro atoms. The lowest BCUT2D eigenvalue weighted by molar-refractivity contribution is 0.0947. The Morgan fingerprint density at radius 3 is 2.90 bits per heavy atom. The number of hydrogen-bond donors (Lipinski definition) is 2. The zero-order valence-electron chi connectivity index (χ0n) is 16.1. The molecule has 0 atom stereocenters. The molecule has 4 aromatic rings. The van der Waals surface area contributed by atoms with Crippen molar-refractivity contribution in [3.05, 3.63) is 84.2 Å². The summed E-state index contributed by atoms with van der Waals surface area (Å²) in [6.07, 6.45) is 4.94. The van der Waals surface area contributed by atoms with Gasteiger partial charge in [0.05, 0.1) is 18.4 Å². The second-order valence-corrected chi connectivity index (χ2v) is 6.47. The van der Waals surface area contributed by atoms with Crippen molar-refractivity contribution in [1.82, 2.24) is 25.5 Å². The predicted molar refractivity (Wildman–Crippen MR) is 109 cm³/mol. The number of rotatable bonds is 6. The van der Waals surface area contributed by atoms with E-state index in [1.807, 2.05) is 30.3 Å². The first-order valence-electron chi connectivity index (χ1n) is 9.17. The molecule has 0 saturated heterocycles. The van der Waals surface area contributed by atoms with E-state index >= 15 is 0 Å². The maximum atomic E-state index is 13.5. The van der Waals surface area contributed by atoms with Gasteiger partial charge in [0.2, 0.25) is 0 Å². The van der Waals surface area contributed by atoms with Crippen LogP contribution in [0.2, 0.25) is 0 Å². The van der Waals surface area contributed by atoms with Gasteiger partial charge in [-0.3, -0.25) is 9.89 Å². The van der Waals surface area contributed by atoms with E-state index in [1.165, 1.54) is 25.6 Å². The lowest BCUT2D eigenvalue weighted by atomic mass is 10.0. The molecule has 8 heteroatoms. The highest BCUT2D eigenvalue weighted by molar-refractivity contribution is 5.96. The van der Waals surface area contributed by atoms with Crippen LogP contribution in [0, 0.1) is 5.82 Å². The summed E-state index contributed by atoms with van der Waals surface area (Å²) in [6.45, 7) is 0.263. The lowest BCUT2D eigenvalue weighted by Gasteiger charge is -2.10. The summed E-state index contributed by atoms with van der Waals surface area (Å²) in [4.78, 5) is 20.7. The maximum Gasteiger partial charge on any atom is 0.255 e. The van der Waals surface area contributed by atoms with E-state index in [0.717, 1.165) is 34.1 Å². The Hall–Kier alpha value is -4.07. The molecule has 2 aromatic carbocycles. The number of methoxy groups -OCH3 is 1. The zero-order chi connectivity index (χ0) is 20.9. The van der Waals surface area contributed by atoms with Crippen LogP contribution in [-0.2, 0) is 6.54 Å². The van der Waals surface area contributed by atoms with Crippen molar-refractivity contribution >= 4 is 5.91 Å². The van der Waals surface area contributed by atoms with E-state index in [9.17, 15) is 9.18 Å². The molecule has 2 heterocycles. The van der Waals surface area contributed by atoms with Crippen LogP contribution in [0.15, 0.2) is 67.3 Å². The summed E-state index contributed by atoms with van der Waals surface area (Å²) >= 11 is 0. The first-order chi connectivity index (χ1) is 14.7. The van der Waals surface area contributed by atoms with Crippen LogP contribution in [0.1, 0.15) is 15.9 Å². The minimum absolute atomic E-state index is 0.145. The Balaban J connectivity index is 1.54. The third kappa shape index (κ3) is 4.02. The van der Waals surface area contributed by atoms with Gasteiger partial charge >= 0.3 is 0 Å². The second-order valence-electron chi connectivity index (χ2n) is 6.47. The van der Waals surface area contributed by atoms with Crippen molar-refractivity contribution < 1.29 is 13.9 Å². The highest BCUT2D eigenvalue weighted by Gasteiger charge is 2.15. The van der Waals surface area contributed by atoms with Gasteiger partial charge in [-0.1, -0.05) is 18.2 Å². The quantitative estimate of drug-likeness (QED) is 0.513. The summed E-state index contributed by atoms with van der Waals surface area (Å²) in [7, 11) is 1.44. The molecule has 0 bridgehead atoms. The Bertz CT molecular complexity index is 1180. The molecule has 150 valence electrons. The number of nitrogens with zero attached hydrogens (tertiary/aromatic N) is 3. The fourth-order valence-electron chi connectivity index (χ4n) is 3.12. The van der Waals surface area contributed by atoms with Crippen LogP contribution in [0.3, 0.4) is 0 Å². The third-order valence-electron chi connectivity index (χ3n) is 4.56. The van der Waals surface area contributed by atoms with E-state index < -0.39 is 11.7 Å². The van der Waals surface area contributed by atoms with Crippen molar-refractivity contribution in [3.8, 4) is 28.3 Å². The smallest absolute Gasteiger partial charge is 0.255 e. The molecule has 1 amide bonds. The molecule has 2 aromatic heterocycles. The number of hydrogen-bond acceptors (Lipinski definition) is 5. The van der Waals surface area contributed by atoms with Gasteiger partial charge in [-0.05, 0) is 35.9 Å². The maximum absolute atomic E-state index is 13.5. The normalized spacial score (nSPS) is 10.6. The topological polar surface area (TPSA) is 92.8 Å². The molecule has 0 saturated carbocycles. The Morgan fingerprint density at radius 2 is 2.10 bits per heavy atom. The first-order valence-corrected chi connectivity index (χ1v) is 9.17. The second kappa shape index (κ2) is 8.52. The van der Waals surface area contributed by atoms with Crippen LogP contribution in [-0.4, -0.2) is 33.2 Å². The summed E-state index contributed by atoms with van der Waals surface area (Å²) in [5.41, 5.74) is 4.24. The van der Waals surface area contributed by atoms with Crippen LogP contribution in [0.4, 0.5) is 4.39 Å². The number of carbonyl (C=O) groups is 1. The van der Waals surface area contributed by atoms with Gasteiger partial charge in [0.15, 0.2) is 0 Å². The standard InChI is InChI=1S/C22H18FN5O2/c1-30-20-6-5-16(23)10-17(20)22(29)25-11-14-3-2-4-15(9-14)21-18(12-27-28-21)19-7-8-24-13-26-19/h2-10,12-13H,11H2,1H3,(H,25,29)(H,27,28). The zero-order valence-corrected chi connectivity index (χ0v) is 16.1. The Labute approximate surface area is 172 Å². The van der Waals surface area contributed by atoms with Gasteiger partial charge in [0.1, 0.15) is 23.6 Å². The van der Waals surface area contributed by atoms with Gasteiger partial charge < -0.3 is 10.1 Å². The van der Waals surface area contributed by atoms with Crippen LogP contribution in [0.25, 0.3) is 22.5 Å². The Morgan fingerprint density at radius 1 is 1.20 bits per heavy atom. The Kier molecular flexibility index (Phi) is 5.47. The van der Waals surface area contributed by atoms with Crippen LogP contribution in [0.5, 0.6) is 5.75 Å². The number of halogens is 1. The van der Waals surface area contributed by atoms with Gasteiger partial charge in [-0.15, -0.1) is 0 Å². The minimum Gasteiger partial charge on any atom is -0.496 e. The van der Waals surface area contributed by atoms with Crippen molar-refractivity contribution in [2.75, 3.05) is 7.11 Å². The molecule has 0 aliphatic rings. The molecule has 4 rings (SSSR count). The van der Waals surface area contributed by atoms with E-state index in [4.69, 9.17) is 4.74 Å². The van der Waals surface area contributed by atoms with Crippen molar-refractivity contribution in [1.29, 1.82) is 0 Å². The highest BCUT2D eigenvalue weighted by atomic mass is 19.1. The van der Waals surface area contributed by atoms with Gasteiger partial charge in [-0.2, -0.15) is 5.10 Å². The number of aromatic amines is 1. The molecule has 0 aliphatic carbocycles. The lowest BCUT2D eigenvalue weighted by Crippen LogP contribution is -2.23. The minimum atomic E-state index is -0.501. The molecule has 7 nitrogen and oxygen atoms in total. The van der Waals surface area contributed by atoms with E-state index in [2.05, 4.69) is 25.5 Å². The van der Waals surface area contributed by atoms with E-state index in [-0.39, 0.29) is 12.1 Å². The molecular weight excluding hydrogens is 385 g/mol. The fraction of sp³-hybridized carbons (Fsp3) is 0.0909. The van der Waals surface area contributed by atoms with Crippen LogP contribution >= 0.6 is 0 Å². The number of nitrogens with one attached hydrogen (secondary N) is 2. The SMILES string of the molecule is COc1ccc(F)cc1C(=O)NCc1cccc(-c2n[nH]cc2-c2ccncn2)c1. The van der Waals surface area contributed by atoms with Crippen molar-refractivity contribution in [2.24, 2.45) is 0 Å². The number of amides is 1. The van der Waals surface area contributed by atoms with E-state index in [0.29, 0.717) is 5.75 Å². The number of aromatic nitrogens is 4. The summed E-state index contributed by atoms with van der Waals surface area (Å²) in [5, 5.41) is 10.0. The molecule has 2 N–H and O–H groups in total. The molecule has 30 heavy (non-hydrogen) atoms. The third-order valence-corrected chi connectivity index (χ3v) is 4.56. The van der Waals surface area contributed by atoms with Gasteiger partial charge in [-0.25, -0.2) is 14.4 Å². The summed E-state index contributed by atoms with van der Waals surface area (Å²) in [6, 6.07) is 13.3. The van der Waals surface area contributed by atoms with Crippen molar-refractivity contribution in [3.63, 3.8) is 0 Å². The largest absolute Gasteiger partial charge is 0.496 e. The fourth-order valence-corrected chi connectivity index (χ4v) is 3.12. The van der Waals surface area contributed by atoms with Gasteiger partial charge in [0.25, 0.3) is 5.91 Å². The van der Waals surface area contributed by atoms with Crippen LogP contribution < -0.4 is 10.1 Å². The van der Waals surface area contributed by atoms with E-state index in [1.54, 1.807) is 12.4 Å². The highest BCUT2D eigenvalue weighted by Crippen LogP contribution is 2.29. The molecular formula is C22H18FN5O2. The monoisotopic (exact) mass is 403 g/mol. The summed E-state index contributed by atoms with van der Waals surface area (Å²) in [5.74, 6) is -0.606.